The number of carbonyl (C=O) groups excluding carboxylic acids is 1. The van der Waals surface area contributed by atoms with Gasteiger partial charge in [0.25, 0.3) is 5.91 Å². The number of anilines is 1. The molecule has 0 radical (unpaired) electrons. The fraction of sp³-hybridized carbons (Fsp3) is 0.389. The second-order valence-electron chi connectivity index (χ2n) is 6.05. The zero-order chi connectivity index (χ0) is 17.6. The molecule has 0 aliphatic carbocycles. The number of amides is 1. The van der Waals surface area contributed by atoms with Crippen molar-refractivity contribution in [2.45, 2.75) is 19.9 Å². The van der Waals surface area contributed by atoms with Crippen LogP contribution in [0.25, 0.3) is 0 Å². The first kappa shape index (κ1) is 17.7. The normalized spacial score (nSPS) is 16.2. The number of aryl methyl sites for hydroxylation is 2. The Balaban J connectivity index is 1.74. The van der Waals surface area contributed by atoms with Gasteiger partial charge in [-0.05, 0) is 25.5 Å². The van der Waals surface area contributed by atoms with E-state index in [0.717, 1.165) is 41.5 Å². The molecule has 0 saturated carbocycles. The Labute approximate surface area is 152 Å². The highest BCUT2D eigenvalue weighted by atomic mass is 32.2. The van der Waals surface area contributed by atoms with Gasteiger partial charge in [0.2, 0.25) is 5.95 Å². The van der Waals surface area contributed by atoms with Gasteiger partial charge in [-0.2, -0.15) is 11.8 Å². The van der Waals surface area contributed by atoms with Crippen molar-refractivity contribution in [2.24, 2.45) is 0 Å². The Morgan fingerprint density at radius 2 is 1.76 bits per heavy atom. The molecule has 1 aromatic heterocycles. The maximum absolute atomic E-state index is 12.9. The average Bonchev–Trinajstić information content (AvgIpc) is 2.61. The van der Waals surface area contributed by atoms with E-state index in [0.29, 0.717) is 5.95 Å². The number of rotatable bonds is 5. The molecule has 3 rings (SSSR count). The van der Waals surface area contributed by atoms with Gasteiger partial charge in [-0.1, -0.05) is 30.3 Å². The fourth-order valence-corrected chi connectivity index (χ4v) is 3.90. The highest BCUT2D eigenvalue weighted by molar-refractivity contribution is 7.99. The largest absolute Gasteiger partial charge is 0.287 e. The minimum atomic E-state index is -0.319. The van der Waals surface area contributed by atoms with Crippen molar-refractivity contribution in [3.63, 3.8) is 0 Å². The van der Waals surface area contributed by atoms with E-state index in [4.69, 9.17) is 0 Å². The lowest BCUT2D eigenvalue weighted by atomic mass is 10.0. The van der Waals surface area contributed by atoms with E-state index in [9.17, 15) is 4.79 Å². The molecule has 6 nitrogen and oxygen atoms in total. The Morgan fingerprint density at radius 3 is 2.40 bits per heavy atom. The van der Waals surface area contributed by atoms with E-state index in [1.807, 2.05) is 62.0 Å². The van der Waals surface area contributed by atoms with Crippen LogP contribution < -0.4 is 10.9 Å². The maximum atomic E-state index is 12.9. The maximum Gasteiger partial charge on any atom is 0.260 e. The van der Waals surface area contributed by atoms with Gasteiger partial charge in [0.1, 0.15) is 6.04 Å². The molecule has 1 aliphatic rings. The van der Waals surface area contributed by atoms with Gasteiger partial charge >= 0.3 is 0 Å². The first-order valence-corrected chi connectivity index (χ1v) is 9.54. The molecule has 1 fully saturated rings. The number of hydrazine groups is 1. The van der Waals surface area contributed by atoms with E-state index in [2.05, 4.69) is 25.7 Å². The van der Waals surface area contributed by atoms with E-state index >= 15 is 0 Å². The van der Waals surface area contributed by atoms with Crippen LogP contribution >= 0.6 is 11.8 Å². The minimum Gasteiger partial charge on any atom is -0.287 e. The fourth-order valence-electron chi connectivity index (χ4n) is 2.97. The Kier molecular flexibility index (Phi) is 5.88. The lowest BCUT2D eigenvalue weighted by Gasteiger charge is -2.33. The third kappa shape index (κ3) is 4.70. The van der Waals surface area contributed by atoms with E-state index < -0.39 is 0 Å². The number of nitrogens with one attached hydrogen (secondary N) is 2. The van der Waals surface area contributed by atoms with Crippen LogP contribution in [0.15, 0.2) is 36.4 Å². The Bertz CT molecular complexity index is 698. The topological polar surface area (TPSA) is 70.2 Å². The summed E-state index contributed by atoms with van der Waals surface area (Å²) in [6.07, 6.45) is 0. The van der Waals surface area contributed by atoms with Crippen LogP contribution in [0.5, 0.6) is 0 Å². The van der Waals surface area contributed by atoms with Gasteiger partial charge < -0.3 is 0 Å². The van der Waals surface area contributed by atoms with Crippen molar-refractivity contribution in [1.29, 1.82) is 0 Å². The molecular formula is C18H23N5OS. The average molecular weight is 357 g/mol. The SMILES string of the molecule is Cc1cc(C)nc(NNC(=O)[C@H](c2ccccc2)N2CCSCC2)n1. The molecule has 132 valence electrons. The van der Waals surface area contributed by atoms with Crippen molar-refractivity contribution >= 4 is 23.6 Å². The smallest absolute Gasteiger partial charge is 0.260 e. The lowest BCUT2D eigenvalue weighted by molar-refractivity contribution is -0.126. The molecule has 0 unspecified atom stereocenters. The first-order chi connectivity index (χ1) is 12.1. The molecule has 1 atom stereocenters. The van der Waals surface area contributed by atoms with Crippen LogP contribution in [0.1, 0.15) is 23.0 Å². The van der Waals surface area contributed by atoms with Crippen LogP contribution in [0.4, 0.5) is 5.95 Å². The number of carbonyl (C=O) groups is 1. The molecule has 7 heteroatoms. The molecule has 1 aromatic carbocycles. The van der Waals surface area contributed by atoms with E-state index in [1.165, 1.54) is 0 Å². The van der Waals surface area contributed by atoms with Crippen LogP contribution in [-0.2, 0) is 4.79 Å². The van der Waals surface area contributed by atoms with Crippen LogP contribution in [0.3, 0.4) is 0 Å². The van der Waals surface area contributed by atoms with Crippen molar-refractivity contribution in [2.75, 3.05) is 30.0 Å². The van der Waals surface area contributed by atoms with Gasteiger partial charge in [0.05, 0.1) is 0 Å². The zero-order valence-corrected chi connectivity index (χ0v) is 15.3. The molecule has 2 heterocycles. The van der Waals surface area contributed by atoms with Crippen molar-refractivity contribution in [1.82, 2.24) is 20.3 Å². The molecule has 0 spiro atoms. The highest BCUT2D eigenvalue weighted by Gasteiger charge is 2.28. The summed E-state index contributed by atoms with van der Waals surface area (Å²) in [4.78, 5) is 23.7. The number of aromatic nitrogens is 2. The van der Waals surface area contributed by atoms with Gasteiger partial charge in [0.15, 0.2) is 0 Å². The predicted molar refractivity (Wildman–Crippen MR) is 101 cm³/mol. The molecule has 1 aliphatic heterocycles. The van der Waals surface area contributed by atoms with Crippen LogP contribution in [0.2, 0.25) is 0 Å². The third-order valence-electron chi connectivity index (χ3n) is 4.05. The van der Waals surface area contributed by atoms with Gasteiger partial charge in [-0.3, -0.25) is 20.5 Å². The second-order valence-corrected chi connectivity index (χ2v) is 7.27. The molecule has 0 bridgehead atoms. The summed E-state index contributed by atoms with van der Waals surface area (Å²) in [5, 5.41) is 0. The van der Waals surface area contributed by atoms with Crippen LogP contribution in [0, 0.1) is 13.8 Å². The first-order valence-electron chi connectivity index (χ1n) is 8.38. The third-order valence-corrected chi connectivity index (χ3v) is 5.00. The number of hydrogen-bond donors (Lipinski definition) is 2. The van der Waals surface area contributed by atoms with Crippen molar-refractivity contribution < 1.29 is 4.79 Å². The second kappa shape index (κ2) is 8.31. The summed E-state index contributed by atoms with van der Waals surface area (Å²) in [5.41, 5.74) is 8.36. The van der Waals surface area contributed by atoms with Crippen LogP contribution in [-0.4, -0.2) is 45.4 Å². The lowest BCUT2D eigenvalue weighted by Crippen LogP contribution is -2.45. The van der Waals surface area contributed by atoms with E-state index in [-0.39, 0.29) is 11.9 Å². The van der Waals surface area contributed by atoms with Gasteiger partial charge in [-0.25, -0.2) is 9.97 Å². The zero-order valence-electron chi connectivity index (χ0n) is 14.5. The number of benzene rings is 1. The van der Waals surface area contributed by atoms with E-state index in [1.54, 1.807) is 0 Å². The molecule has 2 aromatic rings. The highest BCUT2D eigenvalue weighted by Crippen LogP contribution is 2.24. The molecular weight excluding hydrogens is 334 g/mol. The minimum absolute atomic E-state index is 0.0964. The van der Waals surface area contributed by atoms with Gasteiger partial charge in [0, 0.05) is 36.0 Å². The molecule has 25 heavy (non-hydrogen) atoms. The Hall–Kier alpha value is -2.12. The summed E-state index contributed by atoms with van der Waals surface area (Å²) in [7, 11) is 0. The number of hydrogen-bond acceptors (Lipinski definition) is 6. The quantitative estimate of drug-likeness (QED) is 0.801. The summed E-state index contributed by atoms with van der Waals surface area (Å²) in [6, 6.07) is 11.5. The van der Waals surface area contributed by atoms with Crippen molar-refractivity contribution in [3.05, 3.63) is 53.3 Å². The molecule has 1 amide bonds. The standard InChI is InChI=1S/C18H23N5OS/c1-13-12-14(2)20-18(19-13)22-21-17(24)16(15-6-4-3-5-7-15)23-8-10-25-11-9-23/h3-7,12,16H,8-11H2,1-2H3,(H,21,24)(H,19,20,22)/t16-/m0/s1. The monoisotopic (exact) mass is 357 g/mol. The van der Waals surface area contributed by atoms with Gasteiger partial charge in [-0.15, -0.1) is 0 Å². The summed E-state index contributed by atoms with van der Waals surface area (Å²) in [6.45, 7) is 5.61. The molecule has 1 saturated heterocycles. The summed E-state index contributed by atoms with van der Waals surface area (Å²) >= 11 is 1.93. The summed E-state index contributed by atoms with van der Waals surface area (Å²) < 4.78 is 0. The Morgan fingerprint density at radius 1 is 1.12 bits per heavy atom. The summed E-state index contributed by atoms with van der Waals surface area (Å²) in [5.74, 6) is 2.40. The number of nitrogens with zero attached hydrogens (tertiary/aromatic N) is 3. The predicted octanol–water partition coefficient (Wildman–Crippen LogP) is 2.33. The van der Waals surface area contributed by atoms with Crippen molar-refractivity contribution in [3.8, 4) is 0 Å². The number of thioether (sulfide) groups is 1. The molecule has 2 N–H and O–H groups in total.